The third-order valence-electron chi connectivity index (χ3n) is 6.12. The minimum atomic E-state index is -0.726. The summed E-state index contributed by atoms with van der Waals surface area (Å²) >= 11 is 0. The SMILES string of the molecule is Cc1cc(-c2ccc(C(=O)C3CCCCC3C(=O)Nc3cnn(C)c3C(N)=O)c(F)c2)[nH]n1. The summed E-state index contributed by atoms with van der Waals surface area (Å²) in [4.78, 5) is 38.1. The molecule has 0 bridgehead atoms. The molecule has 1 fully saturated rings. The van der Waals surface area contributed by atoms with Gasteiger partial charge in [0.25, 0.3) is 5.91 Å². The number of benzene rings is 1. The van der Waals surface area contributed by atoms with Crippen LogP contribution in [-0.2, 0) is 11.8 Å². The lowest BCUT2D eigenvalue weighted by Crippen LogP contribution is -2.36. The molecule has 9 nitrogen and oxygen atoms in total. The quantitative estimate of drug-likeness (QED) is 0.494. The second-order valence-corrected chi connectivity index (χ2v) is 8.36. The second kappa shape index (κ2) is 8.97. The van der Waals surface area contributed by atoms with Crippen LogP contribution < -0.4 is 11.1 Å². The summed E-state index contributed by atoms with van der Waals surface area (Å²) in [5.74, 6) is -3.49. The van der Waals surface area contributed by atoms with Crippen LogP contribution in [0.15, 0.2) is 30.5 Å². The zero-order valence-corrected chi connectivity index (χ0v) is 18.4. The van der Waals surface area contributed by atoms with E-state index in [2.05, 4.69) is 20.6 Å². The Balaban J connectivity index is 1.56. The first kappa shape index (κ1) is 22.4. The minimum absolute atomic E-state index is 0.0427. The van der Waals surface area contributed by atoms with Gasteiger partial charge in [0.1, 0.15) is 11.5 Å². The molecule has 2 aromatic heterocycles. The predicted molar refractivity (Wildman–Crippen MR) is 119 cm³/mol. The van der Waals surface area contributed by atoms with Crippen LogP contribution in [-0.4, -0.2) is 37.6 Å². The molecule has 172 valence electrons. The van der Waals surface area contributed by atoms with Crippen LogP contribution in [0.1, 0.15) is 52.2 Å². The number of amides is 2. The van der Waals surface area contributed by atoms with Crippen LogP contribution in [0.3, 0.4) is 0 Å². The Morgan fingerprint density at radius 1 is 1.18 bits per heavy atom. The van der Waals surface area contributed by atoms with Crippen molar-refractivity contribution in [3.63, 3.8) is 0 Å². The normalized spacial score (nSPS) is 18.2. The van der Waals surface area contributed by atoms with Crippen molar-refractivity contribution in [3.8, 4) is 11.3 Å². The molecule has 1 aromatic carbocycles. The van der Waals surface area contributed by atoms with Crippen LogP contribution in [0.4, 0.5) is 10.1 Å². The molecular weight excluding hydrogens is 427 g/mol. The molecule has 3 aromatic rings. The molecule has 4 rings (SSSR count). The van der Waals surface area contributed by atoms with E-state index in [-0.39, 0.29) is 16.9 Å². The number of H-pyrrole nitrogens is 1. The van der Waals surface area contributed by atoms with Gasteiger partial charge in [0.2, 0.25) is 5.91 Å². The second-order valence-electron chi connectivity index (χ2n) is 8.36. The van der Waals surface area contributed by atoms with E-state index in [0.29, 0.717) is 24.1 Å². The van der Waals surface area contributed by atoms with E-state index in [1.165, 1.54) is 23.0 Å². The van der Waals surface area contributed by atoms with Gasteiger partial charge in [-0.25, -0.2) is 4.39 Å². The van der Waals surface area contributed by atoms with Gasteiger partial charge in [-0.2, -0.15) is 10.2 Å². The highest BCUT2D eigenvalue weighted by atomic mass is 19.1. The van der Waals surface area contributed by atoms with Crippen molar-refractivity contribution in [2.75, 3.05) is 5.32 Å². The van der Waals surface area contributed by atoms with Gasteiger partial charge in [-0.1, -0.05) is 18.9 Å². The number of hydrogen-bond acceptors (Lipinski definition) is 5. The number of carbonyl (C=O) groups excluding carboxylic acids is 3. The highest BCUT2D eigenvalue weighted by Crippen LogP contribution is 2.35. The monoisotopic (exact) mass is 452 g/mol. The maximum Gasteiger partial charge on any atom is 0.269 e. The number of nitrogens with zero attached hydrogens (tertiary/aromatic N) is 3. The first-order chi connectivity index (χ1) is 15.8. The molecular formula is C23H25FN6O3. The number of aryl methyl sites for hydroxylation is 2. The van der Waals surface area contributed by atoms with Gasteiger partial charge in [0, 0.05) is 24.4 Å². The smallest absolute Gasteiger partial charge is 0.269 e. The summed E-state index contributed by atoms with van der Waals surface area (Å²) in [5, 5.41) is 13.5. The zero-order chi connectivity index (χ0) is 23.7. The number of anilines is 1. The summed E-state index contributed by atoms with van der Waals surface area (Å²) in [6.07, 6.45) is 3.85. The Labute approximate surface area is 189 Å². The average Bonchev–Trinajstić information content (AvgIpc) is 3.38. The predicted octanol–water partition coefficient (Wildman–Crippen LogP) is 2.98. The van der Waals surface area contributed by atoms with Gasteiger partial charge >= 0.3 is 0 Å². The number of primary amides is 1. The van der Waals surface area contributed by atoms with Crippen molar-refractivity contribution >= 4 is 23.3 Å². The number of nitrogens with two attached hydrogens (primary N) is 1. The van der Waals surface area contributed by atoms with Crippen molar-refractivity contribution < 1.29 is 18.8 Å². The van der Waals surface area contributed by atoms with Gasteiger partial charge in [-0.15, -0.1) is 0 Å². The molecule has 33 heavy (non-hydrogen) atoms. The van der Waals surface area contributed by atoms with E-state index < -0.39 is 35.3 Å². The number of aromatic amines is 1. The van der Waals surface area contributed by atoms with Crippen LogP contribution >= 0.6 is 0 Å². The van der Waals surface area contributed by atoms with E-state index in [4.69, 9.17) is 5.73 Å². The number of carbonyl (C=O) groups is 3. The number of halogens is 1. The van der Waals surface area contributed by atoms with Gasteiger partial charge in [-0.3, -0.25) is 24.2 Å². The third kappa shape index (κ3) is 4.41. The molecule has 0 saturated heterocycles. The molecule has 1 aliphatic carbocycles. The fourth-order valence-corrected chi connectivity index (χ4v) is 4.46. The number of ketones is 1. The highest BCUT2D eigenvalue weighted by Gasteiger charge is 2.37. The fourth-order valence-electron chi connectivity index (χ4n) is 4.46. The topological polar surface area (TPSA) is 136 Å². The summed E-state index contributed by atoms with van der Waals surface area (Å²) < 4.78 is 16.2. The van der Waals surface area contributed by atoms with Gasteiger partial charge in [0.15, 0.2) is 5.78 Å². The first-order valence-corrected chi connectivity index (χ1v) is 10.7. The molecule has 10 heteroatoms. The maximum atomic E-state index is 14.9. The Morgan fingerprint density at radius 2 is 1.91 bits per heavy atom. The molecule has 1 aliphatic rings. The number of nitrogens with one attached hydrogen (secondary N) is 2. The number of rotatable bonds is 6. The van der Waals surface area contributed by atoms with Crippen molar-refractivity contribution in [3.05, 3.63) is 53.2 Å². The molecule has 2 unspecified atom stereocenters. The Hall–Kier alpha value is -3.82. The van der Waals surface area contributed by atoms with Crippen LogP contribution in [0.25, 0.3) is 11.3 Å². The standard InChI is InChI=1S/C23H25FN6O3/c1-12-9-18(29-28-12)13-7-8-16(17(24)10-13)21(31)14-5-3-4-6-15(14)23(33)27-19-11-26-30(2)20(19)22(25)32/h7-11,14-15H,3-6H2,1-2H3,(H2,25,32)(H,27,33)(H,28,29). The van der Waals surface area contributed by atoms with E-state index in [9.17, 15) is 18.8 Å². The summed E-state index contributed by atoms with van der Waals surface area (Å²) in [5.41, 5.74) is 7.61. The summed E-state index contributed by atoms with van der Waals surface area (Å²) in [6, 6.07) is 6.21. The highest BCUT2D eigenvalue weighted by molar-refractivity contribution is 6.05. The lowest BCUT2D eigenvalue weighted by Gasteiger charge is -2.29. The van der Waals surface area contributed by atoms with E-state index in [1.54, 1.807) is 19.2 Å². The van der Waals surface area contributed by atoms with E-state index >= 15 is 0 Å². The van der Waals surface area contributed by atoms with Crippen LogP contribution in [0.2, 0.25) is 0 Å². The molecule has 0 spiro atoms. The summed E-state index contributed by atoms with van der Waals surface area (Å²) in [7, 11) is 1.54. The maximum absolute atomic E-state index is 14.9. The molecule has 2 amide bonds. The number of aromatic nitrogens is 4. The summed E-state index contributed by atoms with van der Waals surface area (Å²) in [6.45, 7) is 1.82. The Bertz CT molecular complexity index is 1230. The minimum Gasteiger partial charge on any atom is -0.364 e. The van der Waals surface area contributed by atoms with Crippen molar-refractivity contribution in [1.29, 1.82) is 0 Å². The van der Waals surface area contributed by atoms with Crippen molar-refractivity contribution in [1.82, 2.24) is 20.0 Å². The van der Waals surface area contributed by atoms with Crippen molar-refractivity contribution in [2.45, 2.75) is 32.6 Å². The van der Waals surface area contributed by atoms with Gasteiger partial charge in [-0.05, 0) is 38.0 Å². The van der Waals surface area contributed by atoms with Crippen molar-refractivity contribution in [2.24, 2.45) is 24.6 Å². The molecule has 2 heterocycles. The molecule has 0 aliphatic heterocycles. The fraction of sp³-hybridized carbons (Fsp3) is 0.348. The number of hydrogen-bond donors (Lipinski definition) is 3. The first-order valence-electron chi connectivity index (χ1n) is 10.7. The van der Waals surface area contributed by atoms with E-state index in [0.717, 1.165) is 18.5 Å². The van der Waals surface area contributed by atoms with Gasteiger partial charge < -0.3 is 11.1 Å². The molecule has 2 atom stereocenters. The van der Waals surface area contributed by atoms with Crippen LogP contribution in [0, 0.1) is 24.6 Å². The molecule has 1 saturated carbocycles. The molecule has 0 radical (unpaired) electrons. The average molecular weight is 452 g/mol. The lowest BCUT2D eigenvalue weighted by molar-refractivity contribution is -0.122. The third-order valence-corrected chi connectivity index (χ3v) is 6.12. The van der Waals surface area contributed by atoms with Crippen LogP contribution in [0.5, 0.6) is 0 Å². The Kier molecular flexibility index (Phi) is 6.08. The van der Waals surface area contributed by atoms with Gasteiger partial charge in [0.05, 0.1) is 28.8 Å². The zero-order valence-electron chi connectivity index (χ0n) is 18.4. The number of Topliss-reactive ketones (excluding diaryl/α,β-unsaturated/α-hetero) is 1. The lowest BCUT2D eigenvalue weighted by atomic mass is 9.74. The Morgan fingerprint density at radius 3 is 2.55 bits per heavy atom. The molecule has 4 N–H and O–H groups in total. The van der Waals surface area contributed by atoms with E-state index in [1.807, 2.05) is 6.92 Å². The largest absolute Gasteiger partial charge is 0.364 e.